The maximum Gasteiger partial charge on any atom is 0.0338 e. The summed E-state index contributed by atoms with van der Waals surface area (Å²) in [7, 11) is 0. The lowest BCUT2D eigenvalue weighted by atomic mass is 10.0. The summed E-state index contributed by atoms with van der Waals surface area (Å²) in [4.78, 5) is 4.20. The van der Waals surface area contributed by atoms with Gasteiger partial charge in [-0.1, -0.05) is 37.5 Å². The van der Waals surface area contributed by atoms with E-state index in [0.29, 0.717) is 6.04 Å². The van der Waals surface area contributed by atoms with Gasteiger partial charge in [-0.3, -0.25) is 4.98 Å². The number of nitrogens with one attached hydrogen (secondary N) is 1. The van der Waals surface area contributed by atoms with Crippen molar-refractivity contribution in [3.05, 3.63) is 41.7 Å². The smallest absolute Gasteiger partial charge is 0.0338 e. The molecule has 0 bridgehead atoms. The van der Waals surface area contributed by atoms with Crippen LogP contribution in [0.2, 0.25) is 0 Å². The van der Waals surface area contributed by atoms with Crippen LogP contribution in [0.5, 0.6) is 0 Å². The first-order valence-electron chi connectivity index (χ1n) is 6.50. The van der Waals surface area contributed by atoms with Gasteiger partial charge in [-0.25, -0.2) is 0 Å². The summed E-state index contributed by atoms with van der Waals surface area (Å²) in [6.45, 7) is 7.43. The predicted molar refractivity (Wildman–Crippen MR) is 73.9 cm³/mol. The Morgan fingerprint density at radius 2 is 2.29 bits per heavy atom. The maximum absolute atomic E-state index is 4.20. The number of aromatic nitrogens is 1. The van der Waals surface area contributed by atoms with Gasteiger partial charge in [0.2, 0.25) is 0 Å². The summed E-state index contributed by atoms with van der Waals surface area (Å²) in [6.07, 6.45) is 9.70. The number of rotatable bonds is 7. The van der Waals surface area contributed by atoms with Crippen LogP contribution >= 0.6 is 0 Å². The zero-order valence-electron chi connectivity index (χ0n) is 11.2. The standard InChI is InChI=1S/C15H24N2/c1-4-5-8-15(17-11-9-13(2)3)14-7-6-10-16-12-14/h6-7,9-10,12,15,17H,4-5,8,11H2,1-3H3/t15-/m0/s1. The minimum atomic E-state index is 0.430. The van der Waals surface area contributed by atoms with Crippen molar-refractivity contribution < 1.29 is 0 Å². The van der Waals surface area contributed by atoms with Gasteiger partial charge in [0.25, 0.3) is 0 Å². The van der Waals surface area contributed by atoms with Crippen LogP contribution in [0.25, 0.3) is 0 Å². The zero-order valence-corrected chi connectivity index (χ0v) is 11.2. The summed E-state index contributed by atoms with van der Waals surface area (Å²) in [5.74, 6) is 0. The highest BCUT2D eigenvalue weighted by Gasteiger charge is 2.09. The minimum Gasteiger partial charge on any atom is -0.306 e. The van der Waals surface area contributed by atoms with Gasteiger partial charge >= 0.3 is 0 Å². The molecule has 1 N–H and O–H groups in total. The SMILES string of the molecule is CCCC[C@H](NCC=C(C)C)c1cccnc1. The monoisotopic (exact) mass is 232 g/mol. The highest BCUT2D eigenvalue weighted by molar-refractivity contribution is 5.14. The number of hydrogen-bond donors (Lipinski definition) is 1. The Labute approximate surface area is 105 Å². The first-order chi connectivity index (χ1) is 8.24. The molecule has 1 heterocycles. The van der Waals surface area contributed by atoms with E-state index in [2.05, 4.69) is 43.2 Å². The fourth-order valence-corrected chi connectivity index (χ4v) is 1.78. The minimum absolute atomic E-state index is 0.430. The lowest BCUT2D eigenvalue weighted by molar-refractivity contribution is 0.503. The third-order valence-electron chi connectivity index (χ3n) is 2.81. The van der Waals surface area contributed by atoms with Gasteiger partial charge in [0.1, 0.15) is 0 Å². The fourth-order valence-electron chi connectivity index (χ4n) is 1.78. The van der Waals surface area contributed by atoms with Crippen LogP contribution in [0.15, 0.2) is 36.2 Å². The Hall–Kier alpha value is -1.15. The molecule has 2 heteroatoms. The van der Waals surface area contributed by atoms with Gasteiger partial charge in [0.05, 0.1) is 0 Å². The molecule has 0 saturated heterocycles. The van der Waals surface area contributed by atoms with E-state index in [-0.39, 0.29) is 0 Å². The third kappa shape index (κ3) is 5.64. The number of pyridine rings is 1. The molecule has 0 aromatic carbocycles. The molecule has 0 unspecified atom stereocenters. The molecule has 0 aliphatic heterocycles. The quantitative estimate of drug-likeness (QED) is 0.722. The Morgan fingerprint density at radius 1 is 1.47 bits per heavy atom. The van der Waals surface area contributed by atoms with Gasteiger partial charge in [-0.2, -0.15) is 0 Å². The van der Waals surface area contributed by atoms with Crippen molar-refractivity contribution >= 4 is 0 Å². The summed E-state index contributed by atoms with van der Waals surface area (Å²) < 4.78 is 0. The molecule has 0 saturated carbocycles. The van der Waals surface area contributed by atoms with Crippen molar-refractivity contribution in [1.82, 2.24) is 10.3 Å². The van der Waals surface area contributed by atoms with Crippen LogP contribution in [0.1, 0.15) is 51.6 Å². The van der Waals surface area contributed by atoms with Crippen molar-refractivity contribution in [3.63, 3.8) is 0 Å². The highest BCUT2D eigenvalue weighted by atomic mass is 14.9. The second kappa shape index (κ2) is 8.02. The van der Waals surface area contributed by atoms with Crippen LogP contribution in [-0.4, -0.2) is 11.5 Å². The van der Waals surface area contributed by atoms with E-state index in [1.165, 1.54) is 30.4 Å². The largest absolute Gasteiger partial charge is 0.306 e. The molecule has 0 aliphatic carbocycles. The maximum atomic E-state index is 4.20. The number of hydrogen-bond acceptors (Lipinski definition) is 2. The Bertz CT molecular complexity index is 326. The van der Waals surface area contributed by atoms with E-state index in [4.69, 9.17) is 0 Å². The van der Waals surface area contributed by atoms with Crippen molar-refractivity contribution in [2.75, 3.05) is 6.54 Å². The van der Waals surface area contributed by atoms with Gasteiger partial charge in [0.15, 0.2) is 0 Å². The Balaban J connectivity index is 2.57. The molecule has 1 aromatic rings. The van der Waals surface area contributed by atoms with Crippen molar-refractivity contribution in [1.29, 1.82) is 0 Å². The van der Waals surface area contributed by atoms with E-state index < -0.39 is 0 Å². The van der Waals surface area contributed by atoms with Crippen LogP contribution in [0, 0.1) is 0 Å². The summed E-state index contributed by atoms with van der Waals surface area (Å²) in [5, 5.41) is 3.59. The molecule has 1 aromatic heterocycles. The van der Waals surface area contributed by atoms with E-state index in [9.17, 15) is 0 Å². The average molecular weight is 232 g/mol. The van der Waals surface area contributed by atoms with E-state index in [1.807, 2.05) is 18.5 Å². The summed E-state index contributed by atoms with van der Waals surface area (Å²) >= 11 is 0. The van der Waals surface area contributed by atoms with Crippen LogP contribution < -0.4 is 5.32 Å². The van der Waals surface area contributed by atoms with Gasteiger partial charge in [-0.15, -0.1) is 0 Å². The van der Waals surface area contributed by atoms with E-state index in [0.717, 1.165) is 6.54 Å². The van der Waals surface area contributed by atoms with Gasteiger partial charge < -0.3 is 5.32 Å². The molecule has 17 heavy (non-hydrogen) atoms. The normalized spacial score (nSPS) is 12.2. The molecule has 1 rings (SSSR count). The molecule has 0 amide bonds. The van der Waals surface area contributed by atoms with Gasteiger partial charge in [0, 0.05) is 25.0 Å². The third-order valence-corrected chi connectivity index (χ3v) is 2.81. The number of unbranched alkanes of at least 4 members (excludes halogenated alkanes) is 1. The Morgan fingerprint density at radius 3 is 2.88 bits per heavy atom. The molecular formula is C15H24N2. The second-order valence-corrected chi connectivity index (χ2v) is 4.67. The first kappa shape index (κ1) is 13.9. The number of nitrogens with zero attached hydrogens (tertiary/aromatic N) is 1. The first-order valence-corrected chi connectivity index (χ1v) is 6.50. The number of allylic oxidation sites excluding steroid dienone is 1. The molecule has 0 radical (unpaired) electrons. The average Bonchev–Trinajstić information content (AvgIpc) is 2.34. The Kier molecular flexibility index (Phi) is 6.56. The van der Waals surface area contributed by atoms with Gasteiger partial charge in [-0.05, 0) is 31.9 Å². The predicted octanol–water partition coefficient (Wildman–Crippen LogP) is 3.87. The summed E-state index contributed by atoms with van der Waals surface area (Å²) in [6, 6.07) is 4.60. The second-order valence-electron chi connectivity index (χ2n) is 4.67. The lowest BCUT2D eigenvalue weighted by Gasteiger charge is -2.17. The molecule has 94 valence electrons. The van der Waals surface area contributed by atoms with Crippen molar-refractivity contribution in [3.8, 4) is 0 Å². The molecule has 1 atom stereocenters. The van der Waals surface area contributed by atoms with E-state index in [1.54, 1.807) is 0 Å². The van der Waals surface area contributed by atoms with Crippen molar-refractivity contribution in [2.24, 2.45) is 0 Å². The zero-order chi connectivity index (χ0) is 12.5. The van der Waals surface area contributed by atoms with Crippen LogP contribution in [0.3, 0.4) is 0 Å². The van der Waals surface area contributed by atoms with Crippen molar-refractivity contribution in [2.45, 2.75) is 46.1 Å². The molecule has 2 nitrogen and oxygen atoms in total. The van der Waals surface area contributed by atoms with E-state index >= 15 is 0 Å². The fraction of sp³-hybridized carbons (Fsp3) is 0.533. The molecular weight excluding hydrogens is 208 g/mol. The van der Waals surface area contributed by atoms with Crippen LogP contribution in [0.4, 0.5) is 0 Å². The highest BCUT2D eigenvalue weighted by Crippen LogP contribution is 2.18. The molecule has 0 spiro atoms. The summed E-state index contributed by atoms with van der Waals surface area (Å²) in [5.41, 5.74) is 2.65. The van der Waals surface area contributed by atoms with Crippen LogP contribution in [-0.2, 0) is 0 Å². The lowest BCUT2D eigenvalue weighted by Crippen LogP contribution is -2.21. The molecule has 0 aliphatic rings. The molecule has 0 fully saturated rings. The topological polar surface area (TPSA) is 24.9 Å².